The van der Waals surface area contributed by atoms with Crippen molar-refractivity contribution in [1.29, 1.82) is 0 Å². The number of rotatable bonds is 17. The maximum absolute atomic E-state index is 12.5. The second-order valence-electron chi connectivity index (χ2n) is 16.2. The van der Waals surface area contributed by atoms with Gasteiger partial charge in [-0.15, -0.1) is 13.2 Å². The lowest BCUT2D eigenvalue weighted by Crippen LogP contribution is -2.66. The van der Waals surface area contributed by atoms with Crippen LogP contribution in [0.15, 0.2) is 153 Å². The molecule has 0 spiro atoms. The van der Waals surface area contributed by atoms with E-state index in [0.29, 0.717) is 19.6 Å². The lowest BCUT2D eigenvalue weighted by molar-refractivity contribution is -0.0870. The van der Waals surface area contributed by atoms with E-state index in [0.717, 1.165) is 17.4 Å². The fourth-order valence-electron chi connectivity index (χ4n) is 8.42. The summed E-state index contributed by atoms with van der Waals surface area (Å²) in [5.41, 5.74) is 1.07. The van der Waals surface area contributed by atoms with Crippen LogP contribution in [-0.2, 0) is 15.8 Å². The highest BCUT2D eigenvalue weighted by atomic mass is 28.4. The summed E-state index contributed by atoms with van der Waals surface area (Å²) in [4.78, 5) is 0. The third-order valence-corrected chi connectivity index (χ3v) is 19.8. The third-order valence-electron chi connectivity index (χ3n) is 11.3. The van der Waals surface area contributed by atoms with Gasteiger partial charge in [-0.25, -0.2) is 0 Å². The van der Waals surface area contributed by atoms with Crippen molar-refractivity contribution in [3.8, 4) is 5.75 Å². The summed E-state index contributed by atoms with van der Waals surface area (Å²) in [6.45, 7) is 21.2. The number of allylic oxidation sites excluding steroid dienone is 2. The Balaban J connectivity index is 1.44. The van der Waals surface area contributed by atoms with E-state index < -0.39 is 22.5 Å². The second-order valence-corrected chi connectivity index (χ2v) is 25.3. The topological polar surface area (TPSA) is 47.9 Å². The average molecular weight is 745 g/mol. The van der Waals surface area contributed by atoms with E-state index in [4.69, 9.17) is 13.9 Å². The summed E-state index contributed by atoms with van der Waals surface area (Å²) in [6, 6.07) is 41.4. The molecule has 1 aliphatic rings. The molecule has 1 N–H and O–H groups in total. The quantitative estimate of drug-likeness (QED) is 0.0867. The predicted molar refractivity (Wildman–Crippen MR) is 228 cm³/mol. The van der Waals surface area contributed by atoms with Crippen LogP contribution >= 0.6 is 0 Å². The SMILES string of the molecule is C=C[C@H]1C=C[C@H](C[Si](C)(C)c2ccccc2)[C@@H](OCc2ccc(OC)cc2)[C@H]1[C@H](O)[C@H](C=C)CCO[Si](c1ccccc1)(c1ccccc1)C(C)(C)C. The molecule has 6 atom stereocenters. The highest BCUT2D eigenvalue weighted by molar-refractivity contribution is 6.99. The molecular weight excluding hydrogens is 685 g/mol. The Bertz CT molecular complexity index is 1710. The van der Waals surface area contributed by atoms with E-state index in [1.807, 2.05) is 24.3 Å². The number of aliphatic hydroxyl groups is 1. The normalized spacial score (nSPS) is 20.4. The van der Waals surface area contributed by atoms with Crippen LogP contribution in [0.25, 0.3) is 0 Å². The Morgan fingerprint density at radius 1 is 0.774 bits per heavy atom. The van der Waals surface area contributed by atoms with Crippen LogP contribution in [0.4, 0.5) is 0 Å². The lowest BCUT2D eigenvalue weighted by atomic mass is 9.70. The molecule has 0 bridgehead atoms. The van der Waals surface area contributed by atoms with E-state index in [1.54, 1.807) is 7.11 Å². The largest absolute Gasteiger partial charge is 0.497 e. The highest BCUT2D eigenvalue weighted by Crippen LogP contribution is 2.42. The van der Waals surface area contributed by atoms with Gasteiger partial charge in [0.2, 0.25) is 0 Å². The lowest BCUT2D eigenvalue weighted by Gasteiger charge is -2.45. The zero-order valence-electron chi connectivity index (χ0n) is 32.7. The first-order valence-electron chi connectivity index (χ1n) is 19.1. The summed E-state index contributed by atoms with van der Waals surface area (Å²) in [5, 5.41) is 16.3. The van der Waals surface area contributed by atoms with E-state index in [2.05, 4.69) is 162 Å². The van der Waals surface area contributed by atoms with Crippen molar-refractivity contribution in [3.63, 3.8) is 0 Å². The summed E-state index contributed by atoms with van der Waals surface area (Å²) in [5.74, 6) is 0.474. The average Bonchev–Trinajstić information content (AvgIpc) is 3.17. The van der Waals surface area contributed by atoms with Crippen molar-refractivity contribution in [2.45, 2.75) is 70.2 Å². The van der Waals surface area contributed by atoms with Gasteiger partial charge in [-0.1, -0.05) is 166 Å². The number of hydrogen-bond acceptors (Lipinski definition) is 4. The molecule has 5 rings (SSSR count). The first-order valence-corrected chi connectivity index (χ1v) is 24.2. The van der Waals surface area contributed by atoms with Crippen molar-refractivity contribution in [2.24, 2.45) is 23.7 Å². The molecule has 4 nitrogen and oxygen atoms in total. The molecule has 1 aliphatic carbocycles. The summed E-state index contributed by atoms with van der Waals surface area (Å²) < 4.78 is 19.7. The number of aliphatic hydroxyl groups excluding tert-OH is 1. The van der Waals surface area contributed by atoms with E-state index >= 15 is 0 Å². The fraction of sp³-hybridized carbons (Fsp3) is 0.362. The molecular formula is C47H60O4Si2. The zero-order chi connectivity index (χ0) is 38.1. The number of benzene rings is 4. The van der Waals surface area contributed by atoms with Crippen LogP contribution in [0, 0.1) is 23.7 Å². The van der Waals surface area contributed by atoms with Crippen molar-refractivity contribution in [3.05, 3.63) is 158 Å². The van der Waals surface area contributed by atoms with Gasteiger partial charge in [-0.3, -0.25) is 0 Å². The first kappa shape index (κ1) is 40.4. The molecule has 0 heterocycles. The summed E-state index contributed by atoms with van der Waals surface area (Å²) in [6.07, 6.45) is 8.19. The minimum Gasteiger partial charge on any atom is -0.497 e. The standard InChI is InChI=1S/C47H60O4Si2/c1-9-37-28-29-39(35-52(7,8)41-20-14-11-15-21-41)46(50-34-36-26-30-40(49-6)31-27-36)44(37)45(48)38(10-2)32-33-51-53(47(3,4)5,42-22-16-12-17-23-42)43-24-18-13-19-25-43/h9-31,37-39,44-46,48H,1-2,32-35H2,3-8H3/t37-,38+,39+,44+,45+,46+/m0/s1. The van der Waals surface area contributed by atoms with E-state index in [9.17, 15) is 5.11 Å². The van der Waals surface area contributed by atoms with Crippen LogP contribution in [0.5, 0.6) is 5.75 Å². The van der Waals surface area contributed by atoms with Crippen molar-refractivity contribution in [2.75, 3.05) is 13.7 Å². The van der Waals surface area contributed by atoms with Crippen LogP contribution in [0.2, 0.25) is 24.2 Å². The fourth-order valence-corrected chi connectivity index (χ4v) is 15.9. The van der Waals surface area contributed by atoms with Gasteiger partial charge in [0.1, 0.15) is 5.75 Å². The minimum atomic E-state index is -2.74. The van der Waals surface area contributed by atoms with Gasteiger partial charge in [-0.2, -0.15) is 0 Å². The monoisotopic (exact) mass is 744 g/mol. The molecule has 0 amide bonds. The van der Waals surface area contributed by atoms with Crippen LogP contribution in [0.3, 0.4) is 0 Å². The van der Waals surface area contributed by atoms with Gasteiger partial charge in [0.05, 0.1) is 34.0 Å². The highest BCUT2D eigenvalue weighted by Gasteiger charge is 2.50. The first-order chi connectivity index (χ1) is 25.4. The van der Waals surface area contributed by atoms with Crippen LogP contribution in [0.1, 0.15) is 32.8 Å². The van der Waals surface area contributed by atoms with Gasteiger partial charge in [-0.05, 0) is 45.6 Å². The van der Waals surface area contributed by atoms with E-state index in [-0.39, 0.29) is 34.8 Å². The number of ether oxygens (including phenoxy) is 2. The molecule has 6 heteroatoms. The Hall–Kier alpha value is -3.79. The molecule has 0 fully saturated rings. The number of hydrogen-bond donors (Lipinski definition) is 1. The Morgan fingerprint density at radius 2 is 1.32 bits per heavy atom. The molecule has 280 valence electrons. The zero-order valence-corrected chi connectivity index (χ0v) is 34.7. The molecule has 4 aromatic rings. The van der Waals surface area contributed by atoms with Crippen LogP contribution < -0.4 is 20.3 Å². The summed E-state index contributed by atoms with van der Waals surface area (Å²) in [7, 11) is -2.93. The smallest absolute Gasteiger partial charge is 0.261 e. The molecule has 0 saturated heterocycles. The molecule has 0 aliphatic heterocycles. The van der Waals surface area contributed by atoms with Gasteiger partial charge in [0, 0.05) is 30.3 Å². The molecule has 0 radical (unpaired) electrons. The van der Waals surface area contributed by atoms with Gasteiger partial charge in [0.25, 0.3) is 8.32 Å². The molecule has 0 aromatic heterocycles. The molecule has 53 heavy (non-hydrogen) atoms. The Morgan fingerprint density at radius 3 is 1.81 bits per heavy atom. The molecule has 0 saturated carbocycles. The maximum Gasteiger partial charge on any atom is 0.261 e. The predicted octanol–water partition coefficient (Wildman–Crippen LogP) is 8.93. The third kappa shape index (κ3) is 9.30. The maximum atomic E-state index is 12.5. The van der Waals surface area contributed by atoms with E-state index in [1.165, 1.54) is 15.6 Å². The number of methoxy groups -OCH3 is 1. The van der Waals surface area contributed by atoms with Crippen molar-refractivity contribution < 1.29 is 19.0 Å². The Labute approximate surface area is 321 Å². The summed E-state index contributed by atoms with van der Waals surface area (Å²) >= 11 is 0. The van der Waals surface area contributed by atoms with Gasteiger partial charge >= 0.3 is 0 Å². The van der Waals surface area contributed by atoms with Gasteiger partial charge in [0.15, 0.2) is 0 Å². The minimum absolute atomic E-state index is 0.0522. The van der Waals surface area contributed by atoms with Gasteiger partial charge < -0.3 is 19.0 Å². The Kier molecular flexibility index (Phi) is 13.7. The molecule has 0 unspecified atom stereocenters. The second kappa shape index (κ2) is 18.0. The van der Waals surface area contributed by atoms with Crippen LogP contribution in [-0.4, -0.2) is 47.4 Å². The van der Waals surface area contributed by atoms with Crippen molar-refractivity contribution in [1.82, 2.24) is 0 Å². The molecule has 4 aromatic carbocycles. The van der Waals surface area contributed by atoms with Crippen molar-refractivity contribution >= 4 is 32.0 Å².